The molecule has 0 radical (unpaired) electrons. The van der Waals surface area contributed by atoms with Crippen LogP contribution in [0.25, 0.3) is 0 Å². The zero-order valence-corrected chi connectivity index (χ0v) is 7.01. The lowest BCUT2D eigenvalue weighted by atomic mass is 10.3. The van der Waals surface area contributed by atoms with Crippen LogP contribution in [0.3, 0.4) is 0 Å². The Balaban J connectivity index is 3.34. The molecule has 14 heavy (non-hydrogen) atoms. The molecular formula is C8H5F3O3. The van der Waals surface area contributed by atoms with Crippen molar-refractivity contribution in [2.45, 2.75) is 0 Å². The SMILES string of the molecule is COc1c(F)c(F)cc(OC=O)c1F. The summed E-state index contributed by atoms with van der Waals surface area (Å²) in [5, 5.41) is 0. The monoisotopic (exact) mass is 206 g/mol. The quantitative estimate of drug-likeness (QED) is 0.557. The normalized spacial score (nSPS) is 9.71. The van der Waals surface area contributed by atoms with Gasteiger partial charge in [0.2, 0.25) is 11.6 Å². The van der Waals surface area contributed by atoms with Gasteiger partial charge in [0.15, 0.2) is 17.3 Å². The summed E-state index contributed by atoms with van der Waals surface area (Å²) in [6.45, 7) is -0.102. The molecule has 1 aromatic carbocycles. The van der Waals surface area contributed by atoms with Gasteiger partial charge in [0.25, 0.3) is 6.47 Å². The summed E-state index contributed by atoms with van der Waals surface area (Å²) in [6, 6.07) is 0.418. The minimum atomic E-state index is -1.47. The maximum Gasteiger partial charge on any atom is 0.298 e. The third-order valence-electron chi connectivity index (χ3n) is 1.46. The predicted molar refractivity (Wildman–Crippen MR) is 39.6 cm³/mol. The first-order chi connectivity index (χ1) is 6.61. The average Bonchev–Trinajstić information content (AvgIpc) is 2.16. The Morgan fingerprint density at radius 3 is 2.43 bits per heavy atom. The molecule has 1 rings (SSSR count). The van der Waals surface area contributed by atoms with E-state index in [2.05, 4.69) is 9.47 Å². The molecule has 6 heteroatoms. The van der Waals surface area contributed by atoms with Crippen molar-refractivity contribution in [3.63, 3.8) is 0 Å². The van der Waals surface area contributed by atoms with Gasteiger partial charge in [-0.15, -0.1) is 0 Å². The van der Waals surface area contributed by atoms with Crippen LogP contribution in [-0.2, 0) is 4.79 Å². The molecule has 0 fully saturated rings. The molecule has 0 aliphatic rings. The molecule has 3 nitrogen and oxygen atoms in total. The van der Waals surface area contributed by atoms with E-state index in [-0.39, 0.29) is 6.47 Å². The number of carbonyl (C=O) groups is 1. The highest BCUT2D eigenvalue weighted by Crippen LogP contribution is 2.31. The van der Waals surface area contributed by atoms with E-state index < -0.39 is 29.0 Å². The molecule has 76 valence electrons. The molecule has 0 aliphatic carbocycles. The molecule has 1 aromatic rings. The van der Waals surface area contributed by atoms with Gasteiger partial charge in [-0.3, -0.25) is 4.79 Å². The fourth-order valence-corrected chi connectivity index (χ4v) is 0.875. The highest BCUT2D eigenvalue weighted by atomic mass is 19.2. The van der Waals surface area contributed by atoms with Gasteiger partial charge in [-0.25, -0.2) is 4.39 Å². The summed E-state index contributed by atoms with van der Waals surface area (Å²) in [5.74, 6) is -5.75. The second-order valence-corrected chi connectivity index (χ2v) is 2.23. The van der Waals surface area contributed by atoms with Crippen LogP contribution in [0.4, 0.5) is 13.2 Å². The number of hydrogen-bond acceptors (Lipinski definition) is 3. The van der Waals surface area contributed by atoms with Crippen molar-refractivity contribution in [1.29, 1.82) is 0 Å². The molecule has 0 spiro atoms. The van der Waals surface area contributed by atoms with Crippen molar-refractivity contribution < 1.29 is 27.4 Å². The summed E-state index contributed by atoms with van der Waals surface area (Å²) in [5.41, 5.74) is 0. The number of ether oxygens (including phenoxy) is 2. The number of hydrogen-bond donors (Lipinski definition) is 0. The van der Waals surface area contributed by atoms with Gasteiger partial charge in [-0.1, -0.05) is 0 Å². The standard InChI is InChI=1S/C8H5F3O3/c1-13-8-6(10)4(9)2-5(7(8)11)14-3-12/h2-3H,1H3. The van der Waals surface area contributed by atoms with Crippen LogP contribution in [0.15, 0.2) is 6.07 Å². The lowest BCUT2D eigenvalue weighted by Crippen LogP contribution is -2.00. The number of benzene rings is 1. The molecule has 0 N–H and O–H groups in total. The van der Waals surface area contributed by atoms with E-state index in [1.807, 2.05) is 0 Å². The molecule has 0 aliphatic heterocycles. The van der Waals surface area contributed by atoms with E-state index in [1.54, 1.807) is 0 Å². The van der Waals surface area contributed by atoms with E-state index in [9.17, 15) is 18.0 Å². The zero-order chi connectivity index (χ0) is 10.7. The van der Waals surface area contributed by atoms with Crippen LogP contribution >= 0.6 is 0 Å². The van der Waals surface area contributed by atoms with Gasteiger partial charge in [-0.05, 0) is 0 Å². The van der Waals surface area contributed by atoms with Gasteiger partial charge in [0.05, 0.1) is 7.11 Å². The van der Waals surface area contributed by atoms with Crippen molar-refractivity contribution in [1.82, 2.24) is 0 Å². The fourth-order valence-electron chi connectivity index (χ4n) is 0.875. The maximum absolute atomic E-state index is 13.1. The van der Waals surface area contributed by atoms with Gasteiger partial charge in [0.1, 0.15) is 0 Å². The predicted octanol–water partition coefficient (Wildman–Crippen LogP) is 1.65. The Morgan fingerprint density at radius 2 is 1.93 bits per heavy atom. The van der Waals surface area contributed by atoms with Crippen LogP contribution in [0.1, 0.15) is 0 Å². The molecule has 0 unspecified atom stereocenters. The molecule has 0 saturated heterocycles. The van der Waals surface area contributed by atoms with Gasteiger partial charge in [0, 0.05) is 6.07 Å². The Labute approximate surface area is 77.0 Å². The van der Waals surface area contributed by atoms with Crippen molar-refractivity contribution in [3.05, 3.63) is 23.5 Å². The number of methoxy groups -OCH3 is 1. The Kier molecular flexibility index (Phi) is 2.95. The smallest absolute Gasteiger partial charge is 0.298 e. The van der Waals surface area contributed by atoms with E-state index in [0.717, 1.165) is 7.11 Å². The largest absolute Gasteiger partial charge is 0.491 e. The molecule has 0 aromatic heterocycles. The summed E-state index contributed by atoms with van der Waals surface area (Å²) >= 11 is 0. The summed E-state index contributed by atoms with van der Waals surface area (Å²) in [6.07, 6.45) is 0. The first-order valence-corrected chi connectivity index (χ1v) is 3.43. The lowest BCUT2D eigenvalue weighted by Gasteiger charge is -2.07. The Morgan fingerprint density at radius 1 is 1.29 bits per heavy atom. The van der Waals surface area contributed by atoms with E-state index in [4.69, 9.17) is 0 Å². The molecule has 0 saturated carbocycles. The highest BCUT2D eigenvalue weighted by Gasteiger charge is 2.20. The number of halogens is 3. The first kappa shape index (κ1) is 10.4. The average molecular weight is 206 g/mol. The molecule has 0 atom stereocenters. The molecular weight excluding hydrogens is 201 g/mol. The summed E-state index contributed by atoms with van der Waals surface area (Å²) in [4.78, 5) is 9.88. The number of rotatable bonds is 3. The Hall–Kier alpha value is -1.72. The first-order valence-electron chi connectivity index (χ1n) is 3.43. The van der Waals surface area contributed by atoms with E-state index in [0.29, 0.717) is 6.07 Å². The van der Waals surface area contributed by atoms with Crippen molar-refractivity contribution >= 4 is 6.47 Å². The van der Waals surface area contributed by atoms with Crippen LogP contribution in [0.5, 0.6) is 11.5 Å². The summed E-state index contributed by atoms with van der Waals surface area (Å²) in [7, 11) is 0.964. The minimum absolute atomic E-state index is 0.102. The van der Waals surface area contributed by atoms with Crippen LogP contribution in [0, 0.1) is 17.5 Å². The van der Waals surface area contributed by atoms with Crippen LogP contribution < -0.4 is 9.47 Å². The van der Waals surface area contributed by atoms with E-state index >= 15 is 0 Å². The summed E-state index contributed by atoms with van der Waals surface area (Å²) < 4.78 is 46.9. The van der Waals surface area contributed by atoms with Gasteiger partial charge >= 0.3 is 0 Å². The van der Waals surface area contributed by atoms with E-state index in [1.165, 1.54) is 0 Å². The minimum Gasteiger partial charge on any atom is -0.491 e. The third kappa shape index (κ3) is 1.63. The topological polar surface area (TPSA) is 35.5 Å². The second kappa shape index (κ2) is 3.99. The van der Waals surface area contributed by atoms with Crippen molar-refractivity contribution in [3.8, 4) is 11.5 Å². The zero-order valence-electron chi connectivity index (χ0n) is 7.01. The second-order valence-electron chi connectivity index (χ2n) is 2.23. The van der Waals surface area contributed by atoms with Crippen molar-refractivity contribution in [2.75, 3.05) is 7.11 Å². The van der Waals surface area contributed by atoms with Gasteiger partial charge in [-0.2, -0.15) is 8.78 Å². The molecule has 0 bridgehead atoms. The number of carbonyl (C=O) groups excluding carboxylic acids is 1. The Bertz CT molecular complexity index is 365. The third-order valence-corrected chi connectivity index (χ3v) is 1.46. The lowest BCUT2D eigenvalue weighted by molar-refractivity contribution is -0.120. The highest BCUT2D eigenvalue weighted by molar-refractivity contribution is 5.48. The molecule has 0 amide bonds. The van der Waals surface area contributed by atoms with Gasteiger partial charge < -0.3 is 9.47 Å². The van der Waals surface area contributed by atoms with Crippen molar-refractivity contribution in [2.24, 2.45) is 0 Å². The fraction of sp³-hybridized carbons (Fsp3) is 0.125. The van der Waals surface area contributed by atoms with Crippen LogP contribution in [0.2, 0.25) is 0 Å². The van der Waals surface area contributed by atoms with Crippen LogP contribution in [-0.4, -0.2) is 13.6 Å². The maximum atomic E-state index is 13.1. The molecule has 0 heterocycles.